The molecule has 10 aromatic rings. The van der Waals surface area contributed by atoms with Crippen LogP contribution in [0.2, 0.25) is 0 Å². The molecule has 0 amide bonds. The first-order valence-corrected chi connectivity index (χ1v) is 17.6. The Morgan fingerprint density at radius 1 is 0.358 bits per heavy atom. The molecular weight excluding hydrogens is 649 g/mol. The first-order valence-electron chi connectivity index (χ1n) is 17.6. The topological polar surface area (TPSA) is 64.7 Å². The molecule has 53 heavy (non-hydrogen) atoms. The first kappa shape index (κ1) is 30.6. The van der Waals surface area contributed by atoms with Gasteiger partial charge in [-0.2, -0.15) is 0 Å². The van der Waals surface area contributed by atoms with Gasteiger partial charge in [0, 0.05) is 45.3 Å². The molecule has 0 fully saturated rings. The van der Waals surface area contributed by atoms with Crippen molar-refractivity contribution in [1.82, 2.24) is 19.9 Å². The maximum atomic E-state index is 6.45. The quantitative estimate of drug-likeness (QED) is 0.175. The zero-order valence-electron chi connectivity index (χ0n) is 28.5. The number of benzene rings is 7. The Kier molecular flexibility index (Phi) is 7.40. The molecule has 0 saturated heterocycles. The van der Waals surface area contributed by atoms with E-state index in [1.54, 1.807) is 0 Å². The Bertz CT molecular complexity index is 2940. The van der Waals surface area contributed by atoms with Gasteiger partial charge in [-0.1, -0.05) is 152 Å². The van der Waals surface area contributed by atoms with Gasteiger partial charge in [-0.25, -0.2) is 15.0 Å². The van der Waals surface area contributed by atoms with Crippen LogP contribution in [-0.4, -0.2) is 19.9 Å². The van der Waals surface area contributed by atoms with Gasteiger partial charge in [-0.3, -0.25) is 4.98 Å². The lowest BCUT2D eigenvalue weighted by Crippen LogP contribution is -2.00. The molecular formula is C48H30N4O. The lowest BCUT2D eigenvalue weighted by molar-refractivity contribution is 0.668. The molecule has 0 atom stereocenters. The summed E-state index contributed by atoms with van der Waals surface area (Å²) in [6.45, 7) is 0. The predicted molar refractivity (Wildman–Crippen MR) is 215 cm³/mol. The number of hydrogen-bond donors (Lipinski definition) is 0. The Morgan fingerprint density at radius 2 is 0.943 bits per heavy atom. The second-order valence-electron chi connectivity index (χ2n) is 13.1. The monoisotopic (exact) mass is 678 g/mol. The number of pyridine rings is 1. The number of furan rings is 1. The van der Waals surface area contributed by atoms with Gasteiger partial charge in [0.05, 0.1) is 5.69 Å². The predicted octanol–water partition coefficient (Wildman–Crippen LogP) is 12.3. The highest BCUT2D eigenvalue weighted by Gasteiger charge is 2.16. The minimum absolute atomic E-state index is 0.619. The van der Waals surface area contributed by atoms with Crippen LogP contribution in [0.3, 0.4) is 0 Å². The Labute approximate surface area is 305 Å². The van der Waals surface area contributed by atoms with Crippen molar-refractivity contribution in [2.24, 2.45) is 0 Å². The molecule has 3 aromatic heterocycles. The Hall–Kier alpha value is -7.24. The molecule has 0 aliphatic carbocycles. The van der Waals surface area contributed by atoms with Gasteiger partial charge in [-0.15, -0.1) is 0 Å². The minimum Gasteiger partial charge on any atom is -0.456 e. The van der Waals surface area contributed by atoms with Crippen molar-refractivity contribution >= 4 is 32.7 Å². The number of hydrogen-bond acceptors (Lipinski definition) is 5. The summed E-state index contributed by atoms with van der Waals surface area (Å²) in [5, 5.41) is 4.34. The van der Waals surface area contributed by atoms with Crippen LogP contribution in [0.5, 0.6) is 0 Å². The molecule has 0 unspecified atom stereocenters. The average molecular weight is 679 g/mol. The van der Waals surface area contributed by atoms with E-state index in [-0.39, 0.29) is 0 Å². The molecule has 0 N–H and O–H groups in total. The van der Waals surface area contributed by atoms with Crippen molar-refractivity contribution in [3.05, 3.63) is 182 Å². The molecule has 10 rings (SSSR count). The van der Waals surface area contributed by atoms with Gasteiger partial charge in [0.15, 0.2) is 17.5 Å². The molecule has 0 radical (unpaired) electrons. The summed E-state index contributed by atoms with van der Waals surface area (Å²) in [7, 11) is 0. The van der Waals surface area contributed by atoms with Crippen molar-refractivity contribution in [3.63, 3.8) is 0 Å². The second kappa shape index (κ2) is 12.8. The number of nitrogens with zero attached hydrogens (tertiary/aromatic N) is 4. The second-order valence-corrected chi connectivity index (χ2v) is 13.1. The van der Waals surface area contributed by atoms with E-state index in [0.29, 0.717) is 17.5 Å². The summed E-state index contributed by atoms with van der Waals surface area (Å²) in [4.78, 5) is 19.8. The molecule has 0 bridgehead atoms. The molecule has 248 valence electrons. The summed E-state index contributed by atoms with van der Waals surface area (Å²) < 4.78 is 6.45. The summed E-state index contributed by atoms with van der Waals surface area (Å²) in [6.07, 6.45) is 1.94. The standard InChI is InChI=1S/C48H30N4O/c1-3-11-31(12-4-1)37-17-9-18-38(27-37)42-29-44-41(30-49-42)45-40(19-10-20-43(45)53-44)33-22-24-35(25-23-33)47-50-46(34-14-5-2-6-15-34)51-48(52-47)39-26-21-32-13-7-8-16-36(32)28-39/h1-30H. The van der Waals surface area contributed by atoms with E-state index in [2.05, 4.69) is 121 Å². The van der Waals surface area contributed by atoms with Crippen molar-refractivity contribution < 1.29 is 4.42 Å². The molecule has 0 aliphatic heterocycles. The minimum atomic E-state index is 0.619. The van der Waals surface area contributed by atoms with Gasteiger partial charge in [0.2, 0.25) is 0 Å². The van der Waals surface area contributed by atoms with E-state index in [0.717, 1.165) is 72.0 Å². The third-order valence-corrected chi connectivity index (χ3v) is 9.78. The fourth-order valence-corrected chi connectivity index (χ4v) is 7.09. The van der Waals surface area contributed by atoms with Crippen LogP contribution in [0, 0.1) is 0 Å². The molecule has 3 heterocycles. The average Bonchev–Trinajstić information content (AvgIpc) is 3.62. The molecule has 0 aliphatic rings. The van der Waals surface area contributed by atoms with Crippen molar-refractivity contribution in [2.45, 2.75) is 0 Å². The van der Waals surface area contributed by atoms with Crippen LogP contribution in [0.15, 0.2) is 187 Å². The lowest BCUT2D eigenvalue weighted by atomic mass is 9.98. The van der Waals surface area contributed by atoms with E-state index in [1.807, 2.05) is 60.8 Å². The molecule has 5 nitrogen and oxygen atoms in total. The van der Waals surface area contributed by atoms with Crippen LogP contribution in [0.4, 0.5) is 0 Å². The zero-order chi connectivity index (χ0) is 35.1. The van der Waals surface area contributed by atoms with E-state index < -0.39 is 0 Å². The van der Waals surface area contributed by atoms with Crippen molar-refractivity contribution in [3.8, 4) is 67.7 Å². The summed E-state index contributed by atoms with van der Waals surface area (Å²) in [5.41, 5.74) is 10.8. The highest BCUT2D eigenvalue weighted by atomic mass is 16.3. The Balaban J connectivity index is 1.02. The molecule has 7 aromatic carbocycles. The smallest absolute Gasteiger partial charge is 0.164 e. The van der Waals surface area contributed by atoms with Crippen LogP contribution in [-0.2, 0) is 0 Å². The van der Waals surface area contributed by atoms with Crippen LogP contribution >= 0.6 is 0 Å². The number of rotatable bonds is 6. The Morgan fingerprint density at radius 3 is 1.72 bits per heavy atom. The van der Waals surface area contributed by atoms with E-state index in [4.69, 9.17) is 24.4 Å². The molecule has 0 spiro atoms. The highest BCUT2D eigenvalue weighted by Crippen LogP contribution is 2.38. The zero-order valence-corrected chi connectivity index (χ0v) is 28.5. The van der Waals surface area contributed by atoms with E-state index >= 15 is 0 Å². The fourth-order valence-electron chi connectivity index (χ4n) is 7.09. The van der Waals surface area contributed by atoms with Crippen molar-refractivity contribution in [1.29, 1.82) is 0 Å². The largest absolute Gasteiger partial charge is 0.456 e. The third-order valence-electron chi connectivity index (χ3n) is 9.78. The maximum Gasteiger partial charge on any atom is 0.164 e. The molecule has 0 saturated carbocycles. The van der Waals surface area contributed by atoms with E-state index in [1.165, 1.54) is 10.9 Å². The SMILES string of the molecule is c1ccc(-c2cccc(-c3cc4oc5cccc(-c6ccc(-c7nc(-c8ccccc8)nc(-c8ccc9ccccc9c8)n7)cc6)c5c4cn3)c2)cc1. The third kappa shape index (κ3) is 5.71. The van der Waals surface area contributed by atoms with Crippen LogP contribution in [0.25, 0.3) is 100 Å². The lowest BCUT2D eigenvalue weighted by Gasteiger charge is -2.10. The number of aromatic nitrogens is 4. The summed E-state index contributed by atoms with van der Waals surface area (Å²) in [6, 6.07) is 60.3. The maximum absolute atomic E-state index is 6.45. The van der Waals surface area contributed by atoms with Crippen LogP contribution in [0.1, 0.15) is 0 Å². The normalized spacial score (nSPS) is 11.4. The summed E-state index contributed by atoms with van der Waals surface area (Å²) >= 11 is 0. The van der Waals surface area contributed by atoms with Crippen molar-refractivity contribution in [2.75, 3.05) is 0 Å². The van der Waals surface area contributed by atoms with Gasteiger partial charge in [-0.05, 0) is 51.2 Å². The van der Waals surface area contributed by atoms with Gasteiger partial charge < -0.3 is 4.42 Å². The fraction of sp³-hybridized carbons (Fsp3) is 0. The van der Waals surface area contributed by atoms with E-state index in [9.17, 15) is 0 Å². The first-order chi connectivity index (χ1) is 26.2. The summed E-state index contributed by atoms with van der Waals surface area (Å²) in [5.74, 6) is 1.89. The molecule has 5 heteroatoms. The van der Waals surface area contributed by atoms with Gasteiger partial charge in [0.1, 0.15) is 11.2 Å². The highest BCUT2D eigenvalue weighted by molar-refractivity contribution is 6.12. The van der Waals surface area contributed by atoms with Gasteiger partial charge >= 0.3 is 0 Å². The van der Waals surface area contributed by atoms with Gasteiger partial charge in [0.25, 0.3) is 0 Å². The van der Waals surface area contributed by atoms with Crippen LogP contribution < -0.4 is 0 Å². The number of fused-ring (bicyclic) bond motifs is 4.